The van der Waals surface area contributed by atoms with Gasteiger partial charge in [0.2, 0.25) is 0 Å². The van der Waals surface area contributed by atoms with E-state index in [4.69, 9.17) is 5.73 Å². The number of rotatable bonds is 9. The molecule has 0 bridgehead atoms. The van der Waals surface area contributed by atoms with Gasteiger partial charge in [-0.3, -0.25) is 0 Å². The first kappa shape index (κ1) is 38.5. The van der Waals surface area contributed by atoms with E-state index in [1.54, 1.807) is 27.6 Å². The van der Waals surface area contributed by atoms with Gasteiger partial charge in [-0.15, -0.1) is 0 Å². The van der Waals surface area contributed by atoms with Crippen molar-refractivity contribution in [3.63, 3.8) is 0 Å². The maximum absolute atomic E-state index is 5.34. The summed E-state index contributed by atoms with van der Waals surface area (Å²) in [5, 5.41) is 1.75. The van der Waals surface area contributed by atoms with Crippen molar-refractivity contribution in [2.45, 2.75) is 141 Å². The van der Waals surface area contributed by atoms with Crippen molar-refractivity contribution >= 4 is 22.8 Å². The van der Waals surface area contributed by atoms with Crippen LogP contribution in [0.4, 0.5) is 0 Å². The summed E-state index contributed by atoms with van der Waals surface area (Å²) in [6.45, 7) is 15.0. The second kappa shape index (κ2) is 20.4. The standard InChI is InChI=1S/C33H49P.C8H10N.ClH.Pd/c1-23(2)26-21-30(24(3)4)33(31(22-26)25(5)6)29-19-13-14-20-32(29)34(27-15-9-7-10-16-27)28-17-11-8-12-18-28;9-7-6-8-4-2-1-3-5-8;;/h13-14,19-25,27-28H,7-12,15-18H2,1-6H3;1-4H,6-7,9H2;1H;/q;-1;;+2/p-1. The number of hydrogen-bond acceptors (Lipinski definition) is 1. The fourth-order valence-corrected chi connectivity index (χ4v) is 11.3. The van der Waals surface area contributed by atoms with Crippen LogP contribution in [0.1, 0.15) is 146 Å². The SMILES string of the molecule is CC(C)c1cc(C(C)C)c(-c2ccccc2P(C2CCCCC2)C2CCCCC2)c(C(C)C)c1.NCCc1[c-]cccc1.[Cl][Pd+]. The van der Waals surface area contributed by atoms with Crippen LogP contribution < -0.4 is 11.0 Å². The van der Waals surface area contributed by atoms with E-state index >= 15 is 0 Å². The van der Waals surface area contributed by atoms with Crippen molar-refractivity contribution in [1.82, 2.24) is 0 Å². The van der Waals surface area contributed by atoms with Gasteiger partial charge in [0, 0.05) is 0 Å². The van der Waals surface area contributed by atoms with Crippen LogP contribution in [0, 0.1) is 6.07 Å². The zero-order valence-corrected chi connectivity index (χ0v) is 32.1. The van der Waals surface area contributed by atoms with Gasteiger partial charge in [0.25, 0.3) is 0 Å². The maximum atomic E-state index is 5.34. The summed E-state index contributed by atoms with van der Waals surface area (Å²) in [7, 11) is 4.37. The van der Waals surface area contributed by atoms with Crippen LogP contribution >= 0.6 is 17.5 Å². The monoisotopic (exact) mass is 737 g/mol. The van der Waals surface area contributed by atoms with Crippen LogP contribution in [0.3, 0.4) is 0 Å². The van der Waals surface area contributed by atoms with Gasteiger partial charge in [0.05, 0.1) is 0 Å². The summed E-state index contributed by atoms with van der Waals surface area (Å²) in [4.78, 5) is 0. The molecule has 1 nitrogen and oxygen atoms in total. The number of hydrogen-bond donors (Lipinski definition) is 1. The van der Waals surface area contributed by atoms with Gasteiger partial charge in [0.1, 0.15) is 0 Å². The molecule has 0 atom stereocenters. The Morgan fingerprint density at radius 3 is 1.69 bits per heavy atom. The zero-order chi connectivity index (χ0) is 32.8. The van der Waals surface area contributed by atoms with E-state index in [-0.39, 0.29) is 7.92 Å². The number of benzene rings is 3. The van der Waals surface area contributed by atoms with Gasteiger partial charge in [-0.25, -0.2) is 0 Å². The molecule has 0 aromatic heterocycles. The normalized spacial score (nSPS) is 16.0. The van der Waals surface area contributed by atoms with Crippen LogP contribution in [-0.2, 0) is 24.6 Å². The van der Waals surface area contributed by atoms with Crippen molar-refractivity contribution in [3.8, 4) is 11.1 Å². The molecule has 0 aliphatic heterocycles. The van der Waals surface area contributed by atoms with Crippen molar-refractivity contribution < 1.29 is 18.2 Å². The Bertz CT molecular complexity index is 1200. The van der Waals surface area contributed by atoms with E-state index < -0.39 is 0 Å². The van der Waals surface area contributed by atoms with Crippen molar-refractivity contribution in [2.24, 2.45) is 5.73 Å². The molecular formula is C41H59ClNPPd. The van der Waals surface area contributed by atoms with Crippen LogP contribution in [0.15, 0.2) is 60.7 Å². The molecule has 3 aromatic carbocycles. The molecule has 250 valence electrons. The Hall–Kier alpha value is -0.998. The molecule has 0 radical (unpaired) electrons. The molecule has 0 unspecified atom stereocenters. The fraction of sp³-hybridized carbons (Fsp3) is 0.561. The third-order valence-corrected chi connectivity index (χ3v) is 13.3. The molecule has 2 N–H and O–H groups in total. The fourth-order valence-electron chi connectivity index (χ4n) is 7.33. The Morgan fingerprint density at radius 2 is 1.24 bits per heavy atom. The van der Waals surface area contributed by atoms with Gasteiger partial charge in [-0.2, -0.15) is 35.9 Å². The van der Waals surface area contributed by atoms with Crippen molar-refractivity contribution in [3.05, 3.63) is 89.0 Å². The number of nitrogens with two attached hydrogens (primary N) is 1. The summed E-state index contributed by atoms with van der Waals surface area (Å²) in [5.74, 6) is 1.64. The summed E-state index contributed by atoms with van der Waals surface area (Å²) < 4.78 is 0. The molecule has 4 heteroatoms. The van der Waals surface area contributed by atoms with Gasteiger partial charge >= 0.3 is 27.7 Å². The predicted octanol–water partition coefficient (Wildman–Crippen LogP) is 12.2. The topological polar surface area (TPSA) is 26.0 Å². The van der Waals surface area contributed by atoms with E-state index in [9.17, 15) is 0 Å². The molecular weight excluding hydrogens is 679 g/mol. The van der Waals surface area contributed by atoms with Gasteiger partial charge < -0.3 is 5.73 Å². The average Bonchev–Trinajstić information content (AvgIpc) is 3.07. The molecule has 0 amide bonds. The van der Waals surface area contributed by atoms with E-state index in [0.29, 0.717) is 24.3 Å². The second-order valence-electron chi connectivity index (χ2n) is 14.0. The van der Waals surface area contributed by atoms with Crippen LogP contribution in [0.5, 0.6) is 0 Å². The van der Waals surface area contributed by atoms with E-state index in [1.165, 1.54) is 75.3 Å². The summed E-state index contributed by atoms with van der Waals surface area (Å²) >= 11 is 2.22. The third-order valence-electron chi connectivity index (χ3n) is 9.71. The average molecular weight is 739 g/mol. The predicted molar refractivity (Wildman–Crippen MR) is 198 cm³/mol. The van der Waals surface area contributed by atoms with Crippen LogP contribution in [0.2, 0.25) is 0 Å². The summed E-state index contributed by atoms with van der Waals surface area (Å²) in [5.41, 5.74) is 16.2. The summed E-state index contributed by atoms with van der Waals surface area (Å²) in [6, 6.07) is 25.8. The first-order valence-corrected chi connectivity index (χ1v) is 21.1. The molecule has 2 aliphatic rings. The molecule has 2 fully saturated rings. The number of halogens is 1. The van der Waals surface area contributed by atoms with Crippen molar-refractivity contribution in [1.29, 1.82) is 0 Å². The first-order chi connectivity index (χ1) is 21.8. The van der Waals surface area contributed by atoms with E-state index in [1.807, 2.05) is 24.3 Å². The summed E-state index contributed by atoms with van der Waals surface area (Å²) in [6.07, 6.45) is 15.5. The molecule has 0 heterocycles. The van der Waals surface area contributed by atoms with Crippen LogP contribution in [-0.4, -0.2) is 17.9 Å². The quantitative estimate of drug-likeness (QED) is 0.132. The zero-order valence-electron chi connectivity index (χ0n) is 28.9. The van der Waals surface area contributed by atoms with Gasteiger partial charge in [-0.1, -0.05) is 124 Å². The molecule has 0 spiro atoms. The Balaban J connectivity index is 0.000000427. The molecule has 2 aliphatic carbocycles. The molecule has 3 aromatic rings. The minimum atomic E-state index is -0.120. The Morgan fingerprint density at radius 1 is 0.733 bits per heavy atom. The molecule has 45 heavy (non-hydrogen) atoms. The molecule has 5 rings (SSSR count). The molecule has 2 saturated carbocycles. The first-order valence-electron chi connectivity index (χ1n) is 17.6. The van der Waals surface area contributed by atoms with Crippen molar-refractivity contribution in [2.75, 3.05) is 6.54 Å². The minimum absolute atomic E-state index is 0.120. The van der Waals surface area contributed by atoms with E-state index in [2.05, 4.69) is 112 Å². The van der Waals surface area contributed by atoms with Crippen LogP contribution in [0.25, 0.3) is 11.1 Å². The molecule has 0 saturated heterocycles. The van der Waals surface area contributed by atoms with Gasteiger partial charge in [-0.05, 0) is 101 Å². The third kappa shape index (κ3) is 11.0. The van der Waals surface area contributed by atoms with E-state index in [0.717, 1.165) is 17.7 Å². The Kier molecular flexibility index (Phi) is 17.4. The van der Waals surface area contributed by atoms with Gasteiger partial charge in [0.15, 0.2) is 0 Å². The second-order valence-corrected chi connectivity index (χ2v) is 16.7. The Labute approximate surface area is 293 Å².